The van der Waals surface area contributed by atoms with Gasteiger partial charge in [-0.05, 0) is 30.5 Å². The zero-order valence-electron chi connectivity index (χ0n) is 12.9. The first-order chi connectivity index (χ1) is 11.4. The number of sulfonamides is 1. The third-order valence-corrected chi connectivity index (χ3v) is 6.29. The van der Waals surface area contributed by atoms with E-state index in [1.54, 1.807) is 24.3 Å². The van der Waals surface area contributed by atoms with Gasteiger partial charge in [0.05, 0.1) is 5.75 Å². The van der Waals surface area contributed by atoms with Crippen LogP contribution in [0.2, 0.25) is 5.02 Å². The Morgan fingerprint density at radius 2 is 1.92 bits per heavy atom. The number of ether oxygens (including phenoxy) is 1. The zero-order chi connectivity index (χ0) is 17.3. The summed E-state index contributed by atoms with van der Waals surface area (Å²) in [4.78, 5) is 24.4. The number of hydrogen-bond donors (Lipinski definition) is 0. The summed E-state index contributed by atoms with van der Waals surface area (Å²) in [5.41, 5.74) is 0.628. The van der Waals surface area contributed by atoms with Gasteiger partial charge in [0, 0.05) is 24.2 Å². The van der Waals surface area contributed by atoms with Crippen LogP contribution in [0.4, 0.5) is 4.79 Å². The van der Waals surface area contributed by atoms with Gasteiger partial charge in [-0.25, -0.2) is 22.4 Å². The fourth-order valence-corrected chi connectivity index (χ4v) is 4.79. The second kappa shape index (κ2) is 6.70. The average Bonchev–Trinajstić information content (AvgIpc) is 2.86. The molecule has 0 unspecified atom stereocenters. The quantitative estimate of drug-likeness (QED) is 0.801. The Morgan fingerprint density at radius 1 is 1.21 bits per heavy atom. The lowest BCUT2D eigenvalue weighted by atomic mass is 10.1. The Labute approximate surface area is 145 Å². The highest BCUT2D eigenvalue weighted by Crippen LogP contribution is 2.24. The Kier molecular flexibility index (Phi) is 4.80. The molecule has 9 heteroatoms. The molecule has 24 heavy (non-hydrogen) atoms. The van der Waals surface area contributed by atoms with Crippen molar-refractivity contribution in [1.82, 2.24) is 9.21 Å². The molecule has 2 amide bonds. The number of carbonyl (C=O) groups is 2. The summed E-state index contributed by atoms with van der Waals surface area (Å²) in [6.07, 6.45) is 0.186. The van der Waals surface area contributed by atoms with Gasteiger partial charge in [0.25, 0.3) is 5.91 Å². The van der Waals surface area contributed by atoms with Crippen LogP contribution in [0.5, 0.6) is 0 Å². The smallest absolute Gasteiger partial charge is 0.417 e. The Hall–Kier alpha value is -1.64. The van der Waals surface area contributed by atoms with Crippen LogP contribution < -0.4 is 0 Å². The number of piperidine rings is 1. The van der Waals surface area contributed by atoms with Crippen LogP contribution in [0.3, 0.4) is 0 Å². The molecule has 2 aliphatic heterocycles. The Bertz CT molecular complexity index is 743. The number of amides is 2. The van der Waals surface area contributed by atoms with E-state index in [0.717, 1.165) is 4.90 Å². The van der Waals surface area contributed by atoms with Crippen molar-refractivity contribution in [2.75, 3.05) is 19.7 Å². The van der Waals surface area contributed by atoms with E-state index in [9.17, 15) is 18.0 Å². The Balaban J connectivity index is 1.63. The van der Waals surface area contributed by atoms with Crippen molar-refractivity contribution in [1.29, 1.82) is 0 Å². The topological polar surface area (TPSA) is 84.0 Å². The van der Waals surface area contributed by atoms with Gasteiger partial charge in [-0.1, -0.05) is 23.7 Å². The van der Waals surface area contributed by atoms with Gasteiger partial charge in [-0.15, -0.1) is 0 Å². The fraction of sp³-hybridized carbons (Fsp3) is 0.467. The predicted octanol–water partition coefficient (Wildman–Crippen LogP) is 1.61. The highest BCUT2D eigenvalue weighted by Gasteiger charge is 2.40. The molecule has 3 rings (SSSR count). The van der Waals surface area contributed by atoms with Gasteiger partial charge in [0.15, 0.2) is 6.61 Å². The largest absolute Gasteiger partial charge is 0.439 e. The molecule has 130 valence electrons. The number of cyclic esters (lactones) is 1. The molecule has 7 nitrogen and oxygen atoms in total. The van der Waals surface area contributed by atoms with Crippen molar-refractivity contribution < 1.29 is 22.7 Å². The number of carbonyl (C=O) groups excluding carboxylic acids is 2. The van der Waals surface area contributed by atoms with Gasteiger partial charge in [-0.2, -0.15) is 0 Å². The van der Waals surface area contributed by atoms with Gasteiger partial charge < -0.3 is 4.74 Å². The van der Waals surface area contributed by atoms with E-state index in [1.807, 2.05) is 0 Å². The van der Waals surface area contributed by atoms with Crippen LogP contribution >= 0.6 is 11.6 Å². The third-order valence-electron chi connectivity index (χ3n) is 4.20. The number of rotatable bonds is 4. The average molecular weight is 373 g/mol. The van der Waals surface area contributed by atoms with Crippen molar-refractivity contribution >= 4 is 33.6 Å². The summed E-state index contributed by atoms with van der Waals surface area (Å²) in [6.45, 7) is 0.307. The number of imide groups is 1. The molecule has 0 radical (unpaired) electrons. The Morgan fingerprint density at radius 3 is 2.50 bits per heavy atom. The maximum atomic E-state index is 12.5. The minimum absolute atomic E-state index is 0.122. The van der Waals surface area contributed by atoms with E-state index in [0.29, 0.717) is 23.4 Å². The summed E-state index contributed by atoms with van der Waals surface area (Å²) in [5, 5.41) is 0.493. The minimum Gasteiger partial charge on any atom is -0.439 e. The van der Waals surface area contributed by atoms with Crippen LogP contribution in [-0.2, 0) is 25.3 Å². The van der Waals surface area contributed by atoms with Gasteiger partial charge in [0.1, 0.15) is 0 Å². The van der Waals surface area contributed by atoms with Gasteiger partial charge in [-0.3, -0.25) is 4.79 Å². The molecule has 0 atom stereocenters. The van der Waals surface area contributed by atoms with Crippen molar-refractivity contribution in [2.24, 2.45) is 0 Å². The molecule has 0 saturated carbocycles. The van der Waals surface area contributed by atoms with E-state index >= 15 is 0 Å². The minimum atomic E-state index is -3.47. The molecule has 0 spiro atoms. The molecule has 1 aromatic carbocycles. The maximum Gasteiger partial charge on any atom is 0.417 e. The van der Waals surface area contributed by atoms with Crippen LogP contribution in [0.15, 0.2) is 24.3 Å². The summed E-state index contributed by atoms with van der Waals surface area (Å²) in [5.74, 6) is -0.483. The third kappa shape index (κ3) is 3.55. The number of hydrogen-bond acceptors (Lipinski definition) is 5. The molecule has 2 fully saturated rings. The lowest BCUT2D eigenvalue weighted by molar-refractivity contribution is -0.127. The van der Waals surface area contributed by atoms with E-state index in [2.05, 4.69) is 0 Å². The number of halogens is 1. The summed E-state index contributed by atoms with van der Waals surface area (Å²) < 4.78 is 31.2. The summed E-state index contributed by atoms with van der Waals surface area (Å²) in [6, 6.07) is 6.45. The van der Waals surface area contributed by atoms with Crippen LogP contribution in [0.1, 0.15) is 18.4 Å². The van der Waals surface area contributed by atoms with Crippen molar-refractivity contribution in [3.05, 3.63) is 34.9 Å². The number of nitrogens with zero attached hydrogens (tertiary/aromatic N) is 2. The lowest BCUT2D eigenvalue weighted by Gasteiger charge is -2.34. The first-order valence-electron chi connectivity index (χ1n) is 7.58. The van der Waals surface area contributed by atoms with Gasteiger partial charge >= 0.3 is 6.09 Å². The molecule has 0 aromatic heterocycles. The first kappa shape index (κ1) is 17.2. The SMILES string of the molecule is O=C1COC(=O)N1C1CCN(S(=O)(=O)Cc2cccc(Cl)c2)CC1. The second-order valence-corrected chi connectivity index (χ2v) is 8.24. The normalized spacial score (nSPS) is 20.5. The lowest BCUT2D eigenvalue weighted by Crippen LogP contribution is -2.48. The van der Waals surface area contributed by atoms with E-state index < -0.39 is 16.1 Å². The second-order valence-electron chi connectivity index (χ2n) is 5.83. The molecule has 2 saturated heterocycles. The highest BCUT2D eigenvalue weighted by molar-refractivity contribution is 7.88. The van der Waals surface area contributed by atoms with Gasteiger partial charge in [0.2, 0.25) is 10.0 Å². The summed E-state index contributed by atoms with van der Waals surface area (Å²) >= 11 is 5.89. The van der Waals surface area contributed by atoms with Crippen LogP contribution in [0, 0.1) is 0 Å². The zero-order valence-corrected chi connectivity index (χ0v) is 14.4. The molecule has 1 aromatic rings. The van der Waals surface area contributed by atoms with Crippen molar-refractivity contribution in [3.63, 3.8) is 0 Å². The van der Waals surface area contributed by atoms with E-state index in [4.69, 9.17) is 16.3 Å². The fourth-order valence-electron chi connectivity index (χ4n) is 3.02. The standard InChI is InChI=1S/C15H17ClN2O5S/c16-12-3-1-2-11(8-12)10-24(21,22)17-6-4-13(5-7-17)18-14(19)9-23-15(18)20/h1-3,8,13H,4-7,9-10H2. The summed E-state index contributed by atoms with van der Waals surface area (Å²) in [7, 11) is -3.47. The van der Waals surface area contributed by atoms with Crippen molar-refractivity contribution in [3.8, 4) is 0 Å². The molecular formula is C15H17ClN2O5S. The molecule has 0 aliphatic carbocycles. The molecule has 0 bridgehead atoms. The molecular weight excluding hydrogens is 356 g/mol. The molecule has 2 heterocycles. The van der Waals surface area contributed by atoms with Crippen LogP contribution in [0.25, 0.3) is 0 Å². The monoisotopic (exact) mass is 372 g/mol. The van der Waals surface area contributed by atoms with E-state index in [-0.39, 0.29) is 37.4 Å². The van der Waals surface area contributed by atoms with Crippen molar-refractivity contribution in [2.45, 2.75) is 24.6 Å². The number of benzene rings is 1. The molecule has 2 aliphatic rings. The predicted molar refractivity (Wildman–Crippen MR) is 86.9 cm³/mol. The van der Waals surface area contributed by atoms with Crippen LogP contribution in [-0.4, -0.2) is 55.4 Å². The van der Waals surface area contributed by atoms with E-state index in [1.165, 1.54) is 4.31 Å². The highest BCUT2D eigenvalue weighted by atomic mass is 35.5. The molecule has 0 N–H and O–H groups in total. The maximum absolute atomic E-state index is 12.5. The first-order valence-corrected chi connectivity index (χ1v) is 9.56.